The van der Waals surface area contributed by atoms with Crippen LogP contribution in [0.3, 0.4) is 0 Å². The number of hydrogen-bond donors (Lipinski definition) is 0. The topological polar surface area (TPSA) is 75.9 Å². The van der Waals surface area contributed by atoms with Gasteiger partial charge in [0.2, 0.25) is 11.8 Å². The monoisotopic (exact) mass is 403 g/mol. The molecule has 1 unspecified atom stereocenters. The van der Waals surface area contributed by atoms with Gasteiger partial charge in [0, 0.05) is 50.2 Å². The Morgan fingerprint density at radius 3 is 2.45 bits per heavy atom. The predicted molar refractivity (Wildman–Crippen MR) is 107 cm³/mol. The summed E-state index contributed by atoms with van der Waals surface area (Å²) in [5.74, 6) is 1.02. The second kappa shape index (κ2) is 8.46. The zero-order chi connectivity index (χ0) is 20.4. The van der Waals surface area contributed by atoms with Crippen molar-refractivity contribution in [1.29, 1.82) is 0 Å². The highest BCUT2D eigenvalue weighted by Gasteiger charge is 2.51. The maximum absolute atomic E-state index is 13.6. The zero-order valence-corrected chi connectivity index (χ0v) is 17.7. The fourth-order valence-electron chi connectivity index (χ4n) is 5.51. The van der Waals surface area contributed by atoms with Crippen LogP contribution in [0.5, 0.6) is 0 Å². The molecule has 1 atom stereocenters. The maximum Gasteiger partial charge on any atom is 0.245 e. The summed E-state index contributed by atoms with van der Waals surface area (Å²) in [6.07, 6.45) is 6.82. The fraction of sp³-hybridized carbons (Fsp3) is 0.773. The van der Waals surface area contributed by atoms with Crippen LogP contribution in [0.1, 0.15) is 62.0 Å². The lowest BCUT2D eigenvalue weighted by Crippen LogP contribution is -2.62. The third-order valence-corrected chi connectivity index (χ3v) is 7.20. The van der Waals surface area contributed by atoms with Gasteiger partial charge in [-0.2, -0.15) is 0 Å². The minimum atomic E-state index is -0.338. The molecule has 0 radical (unpaired) electrons. The van der Waals surface area contributed by atoms with E-state index in [9.17, 15) is 9.59 Å². The van der Waals surface area contributed by atoms with Crippen LogP contribution in [0.4, 0.5) is 0 Å². The average Bonchev–Trinajstić information content (AvgIpc) is 3.37. The lowest BCUT2D eigenvalue weighted by atomic mass is 9.67. The van der Waals surface area contributed by atoms with E-state index < -0.39 is 0 Å². The molecule has 160 valence electrons. The van der Waals surface area contributed by atoms with E-state index >= 15 is 0 Å². The quantitative estimate of drug-likeness (QED) is 0.772. The number of amides is 2. The molecule has 7 heteroatoms. The molecule has 0 saturated carbocycles. The van der Waals surface area contributed by atoms with Crippen molar-refractivity contribution >= 4 is 11.8 Å². The Morgan fingerprint density at radius 1 is 1.07 bits per heavy atom. The molecule has 1 spiro atoms. The Kier molecular flexibility index (Phi) is 5.95. The van der Waals surface area contributed by atoms with Gasteiger partial charge in [-0.25, -0.2) is 0 Å². The van der Waals surface area contributed by atoms with Gasteiger partial charge in [0.05, 0.1) is 5.69 Å². The van der Waals surface area contributed by atoms with E-state index in [1.165, 1.54) is 0 Å². The van der Waals surface area contributed by atoms with Crippen molar-refractivity contribution < 1.29 is 18.8 Å². The van der Waals surface area contributed by atoms with Crippen LogP contribution in [-0.2, 0) is 20.7 Å². The highest BCUT2D eigenvalue weighted by atomic mass is 16.5. The number of carbonyl (C=O) groups is 2. The summed E-state index contributed by atoms with van der Waals surface area (Å²) in [4.78, 5) is 30.8. The summed E-state index contributed by atoms with van der Waals surface area (Å²) in [7, 11) is 0. The number of rotatable bonds is 4. The lowest BCUT2D eigenvalue weighted by molar-refractivity contribution is -0.160. The molecule has 4 rings (SSSR count). The number of ether oxygens (including phenoxy) is 1. The molecule has 0 N–H and O–H groups in total. The first-order chi connectivity index (χ1) is 14.0. The SMILES string of the molecule is Cc1noc(C)c1CCC(=O)N1CCCC2(CCOCC2)C1C(=O)N1CCCC1. The van der Waals surface area contributed by atoms with E-state index in [0.717, 1.165) is 68.6 Å². The Hall–Kier alpha value is -1.89. The molecule has 1 aromatic rings. The molecular formula is C22H33N3O4. The van der Waals surface area contributed by atoms with Gasteiger partial charge in [0.1, 0.15) is 11.8 Å². The van der Waals surface area contributed by atoms with Crippen LogP contribution in [0.15, 0.2) is 4.52 Å². The molecule has 4 heterocycles. The van der Waals surface area contributed by atoms with E-state index in [1.54, 1.807) is 0 Å². The molecule has 3 aliphatic rings. The van der Waals surface area contributed by atoms with Gasteiger partial charge in [-0.3, -0.25) is 9.59 Å². The molecule has 2 amide bonds. The second-order valence-corrected chi connectivity index (χ2v) is 8.90. The largest absolute Gasteiger partial charge is 0.381 e. The van der Waals surface area contributed by atoms with Gasteiger partial charge >= 0.3 is 0 Å². The number of likely N-dealkylation sites (tertiary alicyclic amines) is 2. The minimum Gasteiger partial charge on any atom is -0.381 e. The van der Waals surface area contributed by atoms with Crippen molar-refractivity contribution in [2.24, 2.45) is 5.41 Å². The van der Waals surface area contributed by atoms with Crippen molar-refractivity contribution in [3.8, 4) is 0 Å². The standard InChI is InChI=1S/C22H33N3O4/c1-16-18(17(2)29-23-16)6-7-19(26)25-13-5-8-22(9-14-28-15-10-22)20(25)21(27)24-11-3-4-12-24/h20H,3-15H2,1-2H3. The summed E-state index contributed by atoms with van der Waals surface area (Å²) < 4.78 is 10.9. The molecular weight excluding hydrogens is 370 g/mol. The molecule has 7 nitrogen and oxygen atoms in total. The van der Waals surface area contributed by atoms with E-state index in [4.69, 9.17) is 9.26 Å². The lowest BCUT2D eigenvalue weighted by Gasteiger charge is -2.51. The van der Waals surface area contributed by atoms with Gasteiger partial charge < -0.3 is 19.1 Å². The number of piperidine rings is 1. The van der Waals surface area contributed by atoms with Crippen molar-refractivity contribution in [1.82, 2.24) is 15.0 Å². The maximum atomic E-state index is 13.6. The van der Waals surface area contributed by atoms with Crippen LogP contribution < -0.4 is 0 Å². The van der Waals surface area contributed by atoms with E-state index in [1.807, 2.05) is 23.6 Å². The van der Waals surface area contributed by atoms with E-state index in [0.29, 0.717) is 32.6 Å². The Labute approximate surface area is 172 Å². The van der Waals surface area contributed by atoms with Crippen LogP contribution in [0.2, 0.25) is 0 Å². The summed E-state index contributed by atoms with van der Waals surface area (Å²) >= 11 is 0. The fourth-order valence-corrected chi connectivity index (χ4v) is 5.51. The summed E-state index contributed by atoms with van der Waals surface area (Å²) in [5.41, 5.74) is 1.73. The molecule has 0 aliphatic carbocycles. The van der Waals surface area contributed by atoms with Crippen LogP contribution >= 0.6 is 0 Å². The number of nitrogens with zero attached hydrogens (tertiary/aromatic N) is 3. The number of aryl methyl sites for hydroxylation is 2. The third kappa shape index (κ3) is 3.93. The van der Waals surface area contributed by atoms with Gasteiger partial charge in [-0.15, -0.1) is 0 Å². The molecule has 0 aromatic carbocycles. The van der Waals surface area contributed by atoms with Crippen LogP contribution in [-0.4, -0.2) is 65.7 Å². The smallest absolute Gasteiger partial charge is 0.245 e. The van der Waals surface area contributed by atoms with Crippen LogP contribution in [0.25, 0.3) is 0 Å². The molecule has 3 aliphatic heterocycles. The first kappa shape index (κ1) is 20.4. The molecule has 0 bridgehead atoms. The van der Waals surface area contributed by atoms with Crippen molar-refractivity contribution in [3.05, 3.63) is 17.0 Å². The molecule has 3 saturated heterocycles. The number of carbonyl (C=O) groups excluding carboxylic acids is 2. The normalized spacial score (nSPS) is 24.3. The number of hydrogen-bond acceptors (Lipinski definition) is 5. The molecule has 29 heavy (non-hydrogen) atoms. The van der Waals surface area contributed by atoms with E-state index in [-0.39, 0.29) is 23.3 Å². The molecule has 1 aromatic heterocycles. The van der Waals surface area contributed by atoms with Gasteiger partial charge in [-0.05, 0) is 58.8 Å². The molecule has 3 fully saturated rings. The first-order valence-corrected chi connectivity index (χ1v) is 11.1. The summed E-state index contributed by atoms with van der Waals surface area (Å²) in [6.45, 7) is 7.49. The van der Waals surface area contributed by atoms with Crippen LogP contribution in [0, 0.1) is 19.3 Å². The Bertz CT molecular complexity index is 722. The minimum absolute atomic E-state index is 0.0770. The highest BCUT2D eigenvalue weighted by molar-refractivity contribution is 5.89. The van der Waals surface area contributed by atoms with Gasteiger partial charge in [0.25, 0.3) is 0 Å². The van der Waals surface area contributed by atoms with Crippen molar-refractivity contribution in [2.75, 3.05) is 32.8 Å². The van der Waals surface area contributed by atoms with Gasteiger partial charge in [-0.1, -0.05) is 5.16 Å². The summed E-state index contributed by atoms with van der Waals surface area (Å²) in [6, 6.07) is -0.338. The van der Waals surface area contributed by atoms with E-state index in [2.05, 4.69) is 5.16 Å². The summed E-state index contributed by atoms with van der Waals surface area (Å²) in [5, 5.41) is 4.00. The second-order valence-electron chi connectivity index (χ2n) is 8.90. The van der Waals surface area contributed by atoms with Crippen molar-refractivity contribution in [2.45, 2.75) is 71.3 Å². The zero-order valence-electron chi connectivity index (χ0n) is 17.7. The predicted octanol–water partition coefficient (Wildman–Crippen LogP) is 2.63. The Balaban J connectivity index is 1.55. The van der Waals surface area contributed by atoms with Crippen molar-refractivity contribution in [3.63, 3.8) is 0 Å². The Morgan fingerprint density at radius 2 is 1.79 bits per heavy atom. The first-order valence-electron chi connectivity index (χ1n) is 11.1. The highest BCUT2D eigenvalue weighted by Crippen LogP contribution is 2.45. The third-order valence-electron chi connectivity index (χ3n) is 7.20. The number of aromatic nitrogens is 1. The van der Waals surface area contributed by atoms with Gasteiger partial charge in [0.15, 0.2) is 0 Å². The average molecular weight is 404 g/mol.